The van der Waals surface area contributed by atoms with E-state index in [-0.39, 0.29) is 29.6 Å². The largest absolute Gasteiger partial charge is 0.379 e. The molecule has 1 heterocycles. The van der Waals surface area contributed by atoms with Crippen molar-refractivity contribution in [2.24, 2.45) is 5.92 Å². The fourth-order valence-corrected chi connectivity index (χ4v) is 3.22. The smallest absolute Gasteiger partial charge is 0.217 e. The Bertz CT molecular complexity index is 472. The number of amides is 1. The molecule has 1 aromatic rings. The highest BCUT2D eigenvalue weighted by Crippen LogP contribution is 2.38. The van der Waals surface area contributed by atoms with Crippen LogP contribution in [-0.2, 0) is 14.3 Å². The zero-order chi connectivity index (χ0) is 15.5. The highest BCUT2D eigenvalue weighted by Gasteiger charge is 2.41. The summed E-state index contributed by atoms with van der Waals surface area (Å²) in [5, 5.41) is 3.05. The minimum absolute atomic E-state index is 0.00758. The van der Waals surface area contributed by atoms with Gasteiger partial charge in [-0.25, -0.2) is 0 Å². The lowest BCUT2D eigenvalue weighted by atomic mass is 9.77. The van der Waals surface area contributed by atoms with Crippen LogP contribution in [0, 0.1) is 5.92 Å². The van der Waals surface area contributed by atoms with Gasteiger partial charge in [0.2, 0.25) is 5.91 Å². The molecule has 1 unspecified atom stereocenters. The molecule has 1 N–H and O–H groups in total. The molecular weight excluding hydrogens is 266 g/mol. The van der Waals surface area contributed by atoms with Crippen molar-refractivity contribution in [1.82, 2.24) is 5.32 Å². The number of carbonyl (C=O) groups is 1. The maximum Gasteiger partial charge on any atom is 0.217 e. The molecule has 0 aliphatic carbocycles. The Morgan fingerprint density at radius 2 is 2.00 bits per heavy atom. The van der Waals surface area contributed by atoms with Crippen LogP contribution in [0.1, 0.15) is 38.9 Å². The summed E-state index contributed by atoms with van der Waals surface area (Å²) in [5.41, 5.74) is 0.847. The minimum Gasteiger partial charge on any atom is -0.379 e. The highest BCUT2D eigenvalue weighted by atomic mass is 16.5. The first kappa shape index (κ1) is 16.0. The van der Waals surface area contributed by atoms with E-state index in [1.807, 2.05) is 18.2 Å². The van der Waals surface area contributed by atoms with Gasteiger partial charge in [0.15, 0.2) is 0 Å². The minimum atomic E-state index is -0.330. The molecule has 0 aromatic heterocycles. The van der Waals surface area contributed by atoms with Gasteiger partial charge in [-0.15, -0.1) is 0 Å². The van der Waals surface area contributed by atoms with Gasteiger partial charge >= 0.3 is 0 Å². The van der Waals surface area contributed by atoms with Gasteiger partial charge in [-0.05, 0) is 25.8 Å². The molecule has 1 aromatic carbocycles. The van der Waals surface area contributed by atoms with Crippen molar-refractivity contribution in [3.63, 3.8) is 0 Å². The van der Waals surface area contributed by atoms with Gasteiger partial charge in [0.05, 0.1) is 18.8 Å². The first-order valence-corrected chi connectivity index (χ1v) is 7.42. The summed E-state index contributed by atoms with van der Waals surface area (Å²) in [6.07, 6.45) is 0.873. The molecule has 4 nitrogen and oxygen atoms in total. The summed E-state index contributed by atoms with van der Waals surface area (Å²) in [5.74, 6) is 0.183. The van der Waals surface area contributed by atoms with Gasteiger partial charge in [-0.3, -0.25) is 4.79 Å². The zero-order valence-electron chi connectivity index (χ0n) is 13.3. The van der Waals surface area contributed by atoms with Gasteiger partial charge in [-0.1, -0.05) is 30.3 Å². The summed E-state index contributed by atoms with van der Waals surface area (Å²) < 4.78 is 11.5. The lowest BCUT2D eigenvalue weighted by molar-refractivity contribution is -0.134. The second kappa shape index (κ2) is 6.58. The highest BCUT2D eigenvalue weighted by molar-refractivity contribution is 5.73. The number of ether oxygens (including phenoxy) is 2. The van der Waals surface area contributed by atoms with Crippen molar-refractivity contribution in [2.75, 3.05) is 13.7 Å². The van der Waals surface area contributed by atoms with Crippen LogP contribution in [-0.4, -0.2) is 31.3 Å². The molecule has 1 saturated heterocycles. The van der Waals surface area contributed by atoms with Crippen LogP contribution in [0.3, 0.4) is 0 Å². The van der Waals surface area contributed by atoms with Crippen LogP contribution in [0.4, 0.5) is 0 Å². The predicted molar refractivity (Wildman–Crippen MR) is 81.9 cm³/mol. The second-order valence-electron chi connectivity index (χ2n) is 6.25. The van der Waals surface area contributed by atoms with Crippen molar-refractivity contribution in [1.29, 1.82) is 0 Å². The number of methoxy groups -OCH3 is 1. The molecule has 0 bridgehead atoms. The topological polar surface area (TPSA) is 47.6 Å². The number of nitrogens with one attached hydrogen (secondary N) is 1. The Hall–Kier alpha value is -1.39. The zero-order valence-corrected chi connectivity index (χ0v) is 13.3. The quantitative estimate of drug-likeness (QED) is 0.928. The number of rotatable bonds is 4. The average Bonchev–Trinajstić information content (AvgIpc) is 2.46. The SMILES string of the molecule is CO[C@@H]1COC(c2ccccc2)C[C@@H]1C(C)(C)NC(C)=O. The van der Waals surface area contributed by atoms with Crippen molar-refractivity contribution >= 4 is 5.91 Å². The van der Waals surface area contributed by atoms with E-state index in [0.717, 1.165) is 6.42 Å². The summed E-state index contributed by atoms with van der Waals surface area (Å²) in [6.45, 7) is 6.21. The summed E-state index contributed by atoms with van der Waals surface area (Å²) in [4.78, 5) is 11.5. The van der Waals surface area contributed by atoms with Crippen molar-refractivity contribution in [2.45, 2.75) is 44.9 Å². The normalized spacial score (nSPS) is 26.4. The average molecular weight is 291 g/mol. The van der Waals surface area contributed by atoms with Gasteiger partial charge in [0.1, 0.15) is 0 Å². The van der Waals surface area contributed by atoms with Gasteiger partial charge < -0.3 is 14.8 Å². The molecule has 1 aliphatic rings. The number of hydrogen-bond donors (Lipinski definition) is 1. The molecule has 3 atom stereocenters. The molecule has 1 amide bonds. The maximum atomic E-state index is 11.5. The first-order valence-electron chi connectivity index (χ1n) is 7.42. The standard InChI is InChI=1S/C17H25NO3/c1-12(19)18-17(2,3)14-10-15(21-11-16(14)20-4)13-8-6-5-7-9-13/h5-9,14-16H,10-11H2,1-4H3,(H,18,19)/t14-,15?,16+/m0/s1. The third-order valence-electron chi connectivity index (χ3n) is 4.28. The van der Waals surface area contributed by atoms with E-state index in [1.54, 1.807) is 14.0 Å². The van der Waals surface area contributed by atoms with Crippen LogP contribution >= 0.6 is 0 Å². The van der Waals surface area contributed by atoms with Crippen LogP contribution in [0.25, 0.3) is 0 Å². The molecular formula is C17H25NO3. The van der Waals surface area contributed by atoms with E-state index in [2.05, 4.69) is 31.3 Å². The molecule has 0 radical (unpaired) electrons. The third-order valence-corrected chi connectivity index (χ3v) is 4.28. The molecule has 21 heavy (non-hydrogen) atoms. The summed E-state index contributed by atoms with van der Waals surface area (Å²) >= 11 is 0. The van der Waals surface area contributed by atoms with Gasteiger partial charge in [0, 0.05) is 25.5 Å². The molecule has 1 fully saturated rings. The molecule has 0 spiro atoms. The van der Waals surface area contributed by atoms with E-state index in [1.165, 1.54) is 5.56 Å². The maximum absolute atomic E-state index is 11.5. The Kier molecular flexibility index (Phi) is 5.01. The Labute approximate surface area is 126 Å². The summed E-state index contributed by atoms with van der Waals surface area (Å²) in [7, 11) is 1.70. The predicted octanol–water partition coefficient (Wildman–Crippen LogP) is 2.69. The van der Waals surface area contributed by atoms with E-state index in [9.17, 15) is 4.79 Å². The Balaban J connectivity index is 2.18. The van der Waals surface area contributed by atoms with E-state index < -0.39 is 0 Å². The molecule has 0 saturated carbocycles. The van der Waals surface area contributed by atoms with E-state index in [4.69, 9.17) is 9.47 Å². The van der Waals surface area contributed by atoms with Crippen LogP contribution in [0.5, 0.6) is 0 Å². The second-order valence-corrected chi connectivity index (χ2v) is 6.25. The lowest BCUT2D eigenvalue weighted by Crippen LogP contribution is -2.55. The monoisotopic (exact) mass is 291 g/mol. The summed E-state index contributed by atoms with van der Waals surface area (Å²) in [6, 6.07) is 10.2. The fraction of sp³-hybridized carbons (Fsp3) is 0.588. The van der Waals surface area contributed by atoms with Crippen molar-refractivity contribution in [3.05, 3.63) is 35.9 Å². The lowest BCUT2D eigenvalue weighted by Gasteiger charge is -2.44. The molecule has 1 aliphatic heterocycles. The fourth-order valence-electron chi connectivity index (χ4n) is 3.22. The van der Waals surface area contributed by atoms with Gasteiger partial charge in [-0.2, -0.15) is 0 Å². The van der Waals surface area contributed by atoms with E-state index >= 15 is 0 Å². The van der Waals surface area contributed by atoms with Crippen molar-refractivity contribution in [3.8, 4) is 0 Å². The van der Waals surface area contributed by atoms with Crippen molar-refractivity contribution < 1.29 is 14.3 Å². The van der Waals surface area contributed by atoms with Crippen LogP contribution in [0.2, 0.25) is 0 Å². The van der Waals surface area contributed by atoms with E-state index in [0.29, 0.717) is 6.61 Å². The molecule has 4 heteroatoms. The van der Waals surface area contributed by atoms with Crippen LogP contribution < -0.4 is 5.32 Å². The number of hydrogen-bond acceptors (Lipinski definition) is 3. The third kappa shape index (κ3) is 3.83. The molecule has 2 rings (SSSR count). The van der Waals surface area contributed by atoms with Gasteiger partial charge in [0.25, 0.3) is 0 Å². The number of benzene rings is 1. The Morgan fingerprint density at radius 3 is 2.57 bits per heavy atom. The van der Waals surface area contributed by atoms with Crippen LogP contribution in [0.15, 0.2) is 30.3 Å². The number of carbonyl (C=O) groups excluding carboxylic acids is 1. The Morgan fingerprint density at radius 1 is 1.33 bits per heavy atom. The first-order chi connectivity index (χ1) is 9.94. The molecule has 116 valence electrons.